The number of ether oxygens (including phenoxy) is 2. The third kappa shape index (κ3) is 3.41. The monoisotopic (exact) mass is 399 g/mol. The number of anilines is 1. The number of hydrogen-bond donors (Lipinski definition) is 0. The van der Waals surface area contributed by atoms with Gasteiger partial charge in [0, 0.05) is 24.2 Å². The molecule has 0 spiro atoms. The fourth-order valence-corrected chi connectivity index (χ4v) is 3.46. The molecule has 1 fully saturated rings. The number of aromatic nitrogens is 2. The van der Waals surface area contributed by atoms with Crippen LogP contribution in [0.2, 0.25) is 5.02 Å². The molecule has 2 heterocycles. The molecule has 1 aromatic heterocycles. The zero-order valence-corrected chi connectivity index (χ0v) is 16.1. The molecule has 1 atom stereocenters. The summed E-state index contributed by atoms with van der Waals surface area (Å²) < 4.78 is 15.8. The Morgan fingerprint density at radius 3 is 2.61 bits per heavy atom. The molecule has 7 nitrogen and oxygen atoms in total. The van der Waals surface area contributed by atoms with E-state index in [4.69, 9.17) is 25.6 Å². The van der Waals surface area contributed by atoms with Crippen molar-refractivity contribution in [2.45, 2.75) is 12.3 Å². The van der Waals surface area contributed by atoms with Gasteiger partial charge in [-0.1, -0.05) is 16.8 Å². The third-order valence-corrected chi connectivity index (χ3v) is 5.01. The van der Waals surface area contributed by atoms with Gasteiger partial charge in [0.1, 0.15) is 11.5 Å². The smallest absolute Gasteiger partial charge is 0.232 e. The van der Waals surface area contributed by atoms with Gasteiger partial charge >= 0.3 is 0 Å². The molecule has 1 saturated heterocycles. The summed E-state index contributed by atoms with van der Waals surface area (Å²) in [5, 5.41) is 4.51. The van der Waals surface area contributed by atoms with Gasteiger partial charge < -0.3 is 18.9 Å². The number of benzene rings is 2. The predicted octanol–water partition coefficient (Wildman–Crippen LogP) is 3.93. The molecule has 1 unspecified atom stereocenters. The Kier molecular flexibility index (Phi) is 4.92. The Morgan fingerprint density at radius 2 is 1.93 bits per heavy atom. The maximum Gasteiger partial charge on any atom is 0.232 e. The van der Waals surface area contributed by atoms with E-state index < -0.39 is 0 Å². The lowest BCUT2D eigenvalue weighted by Gasteiger charge is -2.17. The summed E-state index contributed by atoms with van der Waals surface area (Å²) in [6, 6.07) is 12.7. The average molecular weight is 400 g/mol. The minimum atomic E-state index is -0.173. The van der Waals surface area contributed by atoms with Crippen LogP contribution in [-0.2, 0) is 4.79 Å². The third-order valence-electron chi connectivity index (χ3n) is 4.71. The van der Waals surface area contributed by atoms with E-state index in [1.165, 1.54) is 0 Å². The number of carbonyl (C=O) groups is 1. The fourth-order valence-electron chi connectivity index (χ4n) is 3.20. The largest absolute Gasteiger partial charge is 0.497 e. The zero-order valence-electron chi connectivity index (χ0n) is 15.4. The van der Waals surface area contributed by atoms with Crippen LogP contribution in [0.3, 0.4) is 0 Å². The Bertz CT molecular complexity index is 1000. The summed E-state index contributed by atoms with van der Waals surface area (Å²) in [5.41, 5.74) is 1.53. The molecule has 0 aliphatic carbocycles. The van der Waals surface area contributed by atoms with Crippen LogP contribution in [0, 0.1) is 0 Å². The fraction of sp³-hybridized carbons (Fsp3) is 0.250. The Balaban J connectivity index is 1.52. The van der Waals surface area contributed by atoms with Gasteiger partial charge in [0.15, 0.2) is 0 Å². The minimum Gasteiger partial charge on any atom is -0.497 e. The van der Waals surface area contributed by atoms with Crippen molar-refractivity contribution in [1.82, 2.24) is 10.1 Å². The first-order chi connectivity index (χ1) is 13.6. The molecule has 8 heteroatoms. The van der Waals surface area contributed by atoms with Crippen LogP contribution in [-0.4, -0.2) is 36.8 Å². The van der Waals surface area contributed by atoms with Crippen LogP contribution >= 0.6 is 11.6 Å². The van der Waals surface area contributed by atoms with Gasteiger partial charge in [-0.25, -0.2) is 0 Å². The highest BCUT2D eigenvalue weighted by Crippen LogP contribution is 2.35. The van der Waals surface area contributed by atoms with Crippen molar-refractivity contribution in [1.29, 1.82) is 0 Å². The van der Waals surface area contributed by atoms with E-state index in [9.17, 15) is 4.79 Å². The summed E-state index contributed by atoms with van der Waals surface area (Å²) in [7, 11) is 3.16. The number of methoxy groups -OCH3 is 2. The van der Waals surface area contributed by atoms with E-state index >= 15 is 0 Å². The van der Waals surface area contributed by atoms with Gasteiger partial charge in [-0.05, 0) is 42.5 Å². The van der Waals surface area contributed by atoms with Crippen molar-refractivity contribution in [2.24, 2.45) is 0 Å². The van der Waals surface area contributed by atoms with Crippen LogP contribution in [0.15, 0.2) is 47.0 Å². The average Bonchev–Trinajstić information content (AvgIpc) is 3.35. The van der Waals surface area contributed by atoms with E-state index in [1.807, 2.05) is 30.3 Å². The van der Waals surface area contributed by atoms with Crippen LogP contribution in [0.1, 0.15) is 18.2 Å². The highest BCUT2D eigenvalue weighted by molar-refractivity contribution is 6.32. The van der Waals surface area contributed by atoms with E-state index in [0.29, 0.717) is 41.1 Å². The number of nitrogens with zero attached hydrogens (tertiary/aromatic N) is 3. The molecule has 28 heavy (non-hydrogen) atoms. The van der Waals surface area contributed by atoms with E-state index in [2.05, 4.69) is 10.1 Å². The van der Waals surface area contributed by atoms with E-state index in [1.54, 1.807) is 31.3 Å². The Labute approximate surface area is 166 Å². The van der Waals surface area contributed by atoms with Crippen molar-refractivity contribution < 1.29 is 18.8 Å². The molecule has 0 saturated carbocycles. The van der Waals surface area contributed by atoms with Gasteiger partial charge in [0.25, 0.3) is 0 Å². The highest BCUT2D eigenvalue weighted by atomic mass is 35.5. The summed E-state index contributed by atoms with van der Waals surface area (Å²) in [6.45, 7) is 0.450. The van der Waals surface area contributed by atoms with Gasteiger partial charge in [-0.15, -0.1) is 0 Å². The second-order valence-corrected chi connectivity index (χ2v) is 6.82. The molecule has 0 N–H and O–H groups in total. The van der Waals surface area contributed by atoms with E-state index in [0.717, 1.165) is 11.3 Å². The van der Waals surface area contributed by atoms with Crippen molar-refractivity contribution >= 4 is 23.2 Å². The van der Waals surface area contributed by atoms with E-state index in [-0.39, 0.29) is 11.8 Å². The van der Waals surface area contributed by atoms with Gasteiger partial charge in [0.05, 0.1) is 25.2 Å². The van der Waals surface area contributed by atoms with Crippen molar-refractivity contribution in [3.8, 4) is 22.9 Å². The SMILES string of the molecule is COc1ccc(-c2noc(C3CC(=O)N(c4ccc(OC)c(Cl)c4)C3)n2)cc1. The Morgan fingerprint density at radius 1 is 1.14 bits per heavy atom. The maximum absolute atomic E-state index is 12.5. The maximum atomic E-state index is 12.5. The lowest BCUT2D eigenvalue weighted by Crippen LogP contribution is -2.24. The van der Waals surface area contributed by atoms with Crippen LogP contribution in [0.4, 0.5) is 5.69 Å². The Hall–Kier alpha value is -3.06. The molecule has 0 radical (unpaired) electrons. The standard InChI is InChI=1S/C20H18ClN3O4/c1-26-15-6-3-12(4-7-15)19-22-20(28-23-19)13-9-18(25)24(11-13)14-5-8-17(27-2)16(21)10-14/h3-8,10,13H,9,11H2,1-2H3. The second kappa shape index (κ2) is 7.52. The number of rotatable bonds is 5. The summed E-state index contributed by atoms with van der Waals surface area (Å²) in [4.78, 5) is 18.7. The molecular weight excluding hydrogens is 382 g/mol. The lowest BCUT2D eigenvalue weighted by molar-refractivity contribution is -0.117. The molecule has 1 aliphatic heterocycles. The van der Waals surface area contributed by atoms with Crippen LogP contribution in [0.25, 0.3) is 11.4 Å². The van der Waals surface area contributed by atoms with Crippen molar-refractivity contribution in [3.63, 3.8) is 0 Å². The van der Waals surface area contributed by atoms with Crippen molar-refractivity contribution in [2.75, 3.05) is 25.7 Å². The number of carbonyl (C=O) groups excluding carboxylic acids is 1. The first-order valence-corrected chi connectivity index (χ1v) is 9.08. The summed E-state index contributed by atoms with van der Waals surface area (Å²) in [6.07, 6.45) is 0.299. The van der Waals surface area contributed by atoms with Gasteiger partial charge in [-0.2, -0.15) is 4.98 Å². The number of hydrogen-bond acceptors (Lipinski definition) is 6. The molecule has 2 aromatic carbocycles. The highest BCUT2D eigenvalue weighted by Gasteiger charge is 2.35. The zero-order chi connectivity index (χ0) is 19.7. The molecule has 0 bridgehead atoms. The summed E-state index contributed by atoms with van der Waals surface area (Å²) in [5.74, 6) is 2.05. The molecule has 144 valence electrons. The molecular formula is C20H18ClN3O4. The summed E-state index contributed by atoms with van der Waals surface area (Å²) >= 11 is 6.19. The number of halogens is 1. The molecule has 1 amide bonds. The van der Waals surface area contributed by atoms with Gasteiger partial charge in [-0.3, -0.25) is 4.79 Å². The first kappa shape index (κ1) is 18.3. The minimum absolute atomic E-state index is 0.0181. The van der Waals surface area contributed by atoms with Crippen LogP contribution in [0.5, 0.6) is 11.5 Å². The first-order valence-electron chi connectivity index (χ1n) is 8.71. The van der Waals surface area contributed by atoms with Crippen LogP contribution < -0.4 is 14.4 Å². The quantitative estimate of drug-likeness (QED) is 0.647. The normalized spacial score (nSPS) is 16.5. The molecule has 3 aromatic rings. The van der Waals surface area contributed by atoms with Crippen molar-refractivity contribution in [3.05, 3.63) is 53.4 Å². The molecule has 1 aliphatic rings. The number of amides is 1. The predicted molar refractivity (Wildman–Crippen MR) is 104 cm³/mol. The lowest BCUT2D eigenvalue weighted by atomic mass is 10.1. The molecule has 4 rings (SSSR count). The second-order valence-electron chi connectivity index (χ2n) is 6.41. The topological polar surface area (TPSA) is 77.7 Å². The van der Waals surface area contributed by atoms with Gasteiger partial charge in [0.2, 0.25) is 17.6 Å².